The van der Waals surface area contributed by atoms with Gasteiger partial charge in [0.15, 0.2) is 0 Å². The van der Waals surface area contributed by atoms with Gasteiger partial charge in [-0.05, 0) is 37.3 Å². The van der Waals surface area contributed by atoms with Crippen LogP contribution >= 0.6 is 0 Å². The Hall–Kier alpha value is -1.39. The minimum atomic E-state index is -0.887. The summed E-state index contributed by atoms with van der Waals surface area (Å²) in [6.07, 6.45) is 0.700. The molecule has 1 amide bonds. The molecule has 0 radical (unpaired) electrons. The van der Waals surface area contributed by atoms with Crippen molar-refractivity contribution in [3.63, 3.8) is 0 Å². The van der Waals surface area contributed by atoms with Crippen molar-refractivity contribution in [3.05, 3.63) is 35.4 Å². The van der Waals surface area contributed by atoms with Crippen LogP contribution in [0.5, 0.6) is 0 Å². The van der Waals surface area contributed by atoms with Gasteiger partial charge in [-0.2, -0.15) is 0 Å². The number of rotatable bonds is 3. The Morgan fingerprint density at radius 2 is 1.95 bits per heavy atom. The van der Waals surface area contributed by atoms with Crippen molar-refractivity contribution in [2.45, 2.75) is 50.4 Å². The number of aliphatic hydroxyl groups is 2. The van der Waals surface area contributed by atoms with Crippen LogP contribution < -0.4 is 5.32 Å². The summed E-state index contributed by atoms with van der Waals surface area (Å²) < 4.78 is 0. The topological polar surface area (TPSA) is 69.6 Å². The van der Waals surface area contributed by atoms with Crippen LogP contribution in [0.2, 0.25) is 0 Å². The molecule has 2 saturated carbocycles. The summed E-state index contributed by atoms with van der Waals surface area (Å²) >= 11 is 0. The summed E-state index contributed by atoms with van der Waals surface area (Å²) in [5.41, 5.74) is 2.23. The van der Waals surface area contributed by atoms with E-state index in [1.54, 1.807) is 0 Å². The average molecular weight is 275 g/mol. The van der Waals surface area contributed by atoms with E-state index in [4.69, 9.17) is 0 Å². The molecule has 3 N–H and O–H groups in total. The van der Waals surface area contributed by atoms with Gasteiger partial charge in [0.25, 0.3) is 0 Å². The highest BCUT2D eigenvalue weighted by Crippen LogP contribution is 2.38. The summed E-state index contributed by atoms with van der Waals surface area (Å²) in [6.45, 7) is 2.02. The fraction of sp³-hybridized carbons (Fsp3) is 0.562. The summed E-state index contributed by atoms with van der Waals surface area (Å²) in [6, 6.07) is 7.57. The van der Waals surface area contributed by atoms with Crippen molar-refractivity contribution in [3.8, 4) is 0 Å². The van der Waals surface area contributed by atoms with Gasteiger partial charge in [0.05, 0.1) is 12.1 Å². The first kappa shape index (κ1) is 13.6. The van der Waals surface area contributed by atoms with Gasteiger partial charge in [0, 0.05) is 11.8 Å². The Bertz CT molecular complexity index is 512. The number of hydrogen-bond acceptors (Lipinski definition) is 3. The van der Waals surface area contributed by atoms with E-state index in [1.807, 2.05) is 31.2 Å². The minimum Gasteiger partial charge on any atom is -0.390 e. The molecule has 4 atom stereocenters. The van der Waals surface area contributed by atoms with Gasteiger partial charge in [-0.3, -0.25) is 4.79 Å². The lowest BCUT2D eigenvalue weighted by Gasteiger charge is -2.25. The van der Waals surface area contributed by atoms with Crippen LogP contribution in [0, 0.1) is 12.8 Å². The third-order valence-corrected chi connectivity index (χ3v) is 4.54. The highest BCUT2D eigenvalue weighted by Gasteiger charge is 2.44. The normalized spacial score (nSPS) is 33.1. The average Bonchev–Trinajstić information content (AvgIpc) is 3.23. The first-order chi connectivity index (χ1) is 9.58. The lowest BCUT2D eigenvalue weighted by molar-refractivity contribution is -0.124. The number of nitrogens with one attached hydrogen (secondary N) is 1. The predicted molar refractivity (Wildman–Crippen MR) is 75.2 cm³/mol. The second-order valence-electron chi connectivity index (χ2n) is 6.07. The van der Waals surface area contributed by atoms with E-state index in [1.165, 1.54) is 0 Å². The Morgan fingerprint density at radius 3 is 2.60 bits per heavy atom. The van der Waals surface area contributed by atoms with E-state index in [2.05, 4.69) is 5.32 Å². The smallest absolute Gasteiger partial charge is 0.223 e. The van der Waals surface area contributed by atoms with E-state index in [-0.39, 0.29) is 23.8 Å². The molecule has 0 aliphatic heterocycles. The molecule has 1 aromatic carbocycles. The second kappa shape index (κ2) is 5.19. The van der Waals surface area contributed by atoms with Crippen molar-refractivity contribution in [1.82, 2.24) is 5.32 Å². The first-order valence-electron chi connectivity index (χ1n) is 7.30. The maximum Gasteiger partial charge on any atom is 0.223 e. The molecular formula is C16H21NO3. The Morgan fingerprint density at radius 1 is 1.25 bits per heavy atom. The van der Waals surface area contributed by atoms with Crippen LogP contribution in [0.25, 0.3) is 0 Å². The molecule has 4 nitrogen and oxygen atoms in total. The van der Waals surface area contributed by atoms with E-state index < -0.39 is 12.2 Å². The summed E-state index contributed by atoms with van der Waals surface area (Å²) in [7, 11) is 0. The number of carbonyl (C=O) groups excluding carboxylic acids is 1. The van der Waals surface area contributed by atoms with Gasteiger partial charge in [0.1, 0.15) is 6.10 Å². The molecule has 0 bridgehead atoms. The summed E-state index contributed by atoms with van der Waals surface area (Å²) in [5.74, 6) is 0.100. The van der Waals surface area contributed by atoms with E-state index >= 15 is 0 Å². The highest BCUT2D eigenvalue weighted by atomic mass is 16.3. The largest absolute Gasteiger partial charge is 0.390 e. The maximum atomic E-state index is 12.0. The van der Waals surface area contributed by atoms with Gasteiger partial charge in [-0.1, -0.05) is 24.3 Å². The number of benzene rings is 1. The number of amides is 1. The van der Waals surface area contributed by atoms with E-state index in [0.717, 1.165) is 24.0 Å². The standard InChI is InChI=1S/C16H21NO3/c1-9-4-2-3-5-11(9)12-8-13(18)15(19)14(12)17-16(20)10-6-7-10/h2-5,10,12-15,18-19H,6-8H2,1H3,(H,17,20)/t12-,13-,14-,15-/m1/s1. The maximum absolute atomic E-state index is 12.0. The molecule has 0 aromatic heterocycles. The molecule has 2 aliphatic carbocycles. The van der Waals surface area contributed by atoms with Crippen LogP contribution in [-0.2, 0) is 4.79 Å². The second-order valence-corrected chi connectivity index (χ2v) is 6.07. The molecule has 0 spiro atoms. The van der Waals surface area contributed by atoms with Crippen molar-refractivity contribution in [2.24, 2.45) is 5.92 Å². The van der Waals surface area contributed by atoms with Gasteiger partial charge in [-0.15, -0.1) is 0 Å². The molecule has 2 aliphatic rings. The first-order valence-corrected chi connectivity index (χ1v) is 7.30. The lowest BCUT2D eigenvalue weighted by Crippen LogP contribution is -2.45. The lowest BCUT2D eigenvalue weighted by atomic mass is 9.90. The summed E-state index contributed by atoms with van der Waals surface area (Å²) in [4.78, 5) is 12.0. The Balaban J connectivity index is 1.83. The van der Waals surface area contributed by atoms with Gasteiger partial charge in [-0.25, -0.2) is 0 Å². The number of carbonyl (C=O) groups is 1. The summed E-state index contributed by atoms with van der Waals surface area (Å²) in [5, 5.41) is 23.1. The van der Waals surface area contributed by atoms with E-state index in [0.29, 0.717) is 6.42 Å². The van der Waals surface area contributed by atoms with Crippen molar-refractivity contribution >= 4 is 5.91 Å². The quantitative estimate of drug-likeness (QED) is 0.773. The molecule has 2 fully saturated rings. The van der Waals surface area contributed by atoms with Crippen LogP contribution in [0.1, 0.15) is 36.3 Å². The molecule has 0 saturated heterocycles. The SMILES string of the molecule is Cc1ccccc1[C@H]1C[C@@H](O)[C@@H](O)[C@@H]1NC(=O)C1CC1. The van der Waals surface area contributed by atoms with Gasteiger partial charge < -0.3 is 15.5 Å². The predicted octanol–water partition coefficient (Wildman–Crippen LogP) is 1.10. The molecule has 0 unspecified atom stereocenters. The van der Waals surface area contributed by atoms with Gasteiger partial charge >= 0.3 is 0 Å². The van der Waals surface area contributed by atoms with Gasteiger partial charge in [0.2, 0.25) is 5.91 Å². The third kappa shape index (κ3) is 2.45. The zero-order chi connectivity index (χ0) is 14.3. The minimum absolute atomic E-state index is 0.0155. The van der Waals surface area contributed by atoms with Crippen LogP contribution in [-0.4, -0.2) is 34.4 Å². The van der Waals surface area contributed by atoms with Crippen molar-refractivity contribution < 1.29 is 15.0 Å². The molecule has 20 heavy (non-hydrogen) atoms. The van der Waals surface area contributed by atoms with E-state index in [9.17, 15) is 15.0 Å². The van der Waals surface area contributed by atoms with Crippen molar-refractivity contribution in [2.75, 3.05) is 0 Å². The van der Waals surface area contributed by atoms with Crippen molar-refractivity contribution in [1.29, 1.82) is 0 Å². The molecule has 4 heteroatoms. The third-order valence-electron chi connectivity index (χ3n) is 4.54. The zero-order valence-electron chi connectivity index (χ0n) is 11.6. The van der Waals surface area contributed by atoms with Crippen LogP contribution in [0.15, 0.2) is 24.3 Å². The monoisotopic (exact) mass is 275 g/mol. The molecule has 3 rings (SSSR count). The number of aryl methyl sites for hydroxylation is 1. The molecule has 1 aromatic rings. The van der Waals surface area contributed by atoms with Crippen LogP contribution in [0.3, 0.4) is 0 Å². The fourth-order valence-corrected chi connectivity index (χ4v) is 3.16. The highest BCUT2D eigenvalue weighted by molar-refractivity contribution is 5.81. The van der Waals surface area contributed by atoms with Crippen LogP contribution in [0.4, 0.5) is 0 Å². The fourth-order valence-electron chi connectivity index (χ4n) is 3.16. The molecular weight excluding hydrogens is 254 g/mol. The molecule has 108 valence electrons. The molecule has 0 heterocycles. The zero-order valence-corrected chi connectivity index (χ0v) is 11.6. The number of aliphatic hydroxyl groups excluding tert-OH is 2. The Labute approximate surface area is 118 Å². The Kier molecular flexibility index (Phi) is 3.52. The number of hydrogen-bond donors (Lipinski definition) is 3.